The largest absolute Gasteiger partial charge is 0.321 e. The maximum atomic E-state index is 13.8. The minimum Gasteiger partial charge on any atom is -0.321 e. The molecule has 3 aromatic carbocycles. The van der Waals surface area contributed by atoms with Crippen LogP contribution in [0.15, 0.2) is 83.7 Å². The number of nitrogens with zero attached hydrogens (tertiary/aromatic N) is 5. The maximum absolute atomic E-state index is 13.8. The van der Waals surface area contributed by atoms with Crippen LogP contribution in [0.4, 0.5) is 4.39 Å². The second kappa shape index (κ2) is 10.9. The SMILES string of the molecule is Cc1cccc2cc(C(c3nnnn3C(C)(C)C)N(CCc3ccccc3)Cc3ccc(F)cc3)c(=O)[nH]c12. The zero-order valence-corrected chi connectivity index (χ0v) is 22.7. The summed E-state index contributed by atoms with van der Waals surface area (Å²) in [5, 5.41) is 13.8. The van der Waals surface area contributed by atoms with E-state index in [0.29, 0.717) is 24.5 Å². The van der Waals surface area contributed by atoms with Crippen molar-refractivity contribution in [1.82, 2.24) is 30.1 Å². The van der Waals surface area contributed by atoms with Crippen molar-refractivity contribution in [1.29, 1.82) is 0 Å². The van der Waals surface area contributed by atoms with E-state index in [4.69, 9.17) is 0 Å². The maximum Gasteiger partial charge on any atom is 0.253 e. The van der Waals surface area contributed by atoms with Crippen LogP contribution < -0.4 is 5.56 Å². The molecular formula is C31H33FN6O. The van der Waals surface area contributed by atoms with Crippen LogP contribution in [-0.4, -0.2) is 36.6 Å². The van der Waals surface area contributed by atoms with Gasteiger partial charge in [0.1, 0.15) is 11.9 Å². The van der Waals surface area contributed by atoms with E-state index in [-0.39, 0.29) is 11.4 Å². The zero-order chi connectivity index (χ0) is 27.6. The average molecular weight is 525 g/mol. The Kier molecular flexibility index (Phi) is 7.39. The predicted molar refractivity (Wildman–Crippen MR) is 151 cm³/mol. The van der Waals surface area contributed by atoms with E-state index < -0.39 is 11.6 Å². The van der Waals surface area contributed by atoms with Gasteiger partial charge in [0.15, 0.2) is 5.82 Å². The van der Waals surface area contributed by atoms with Crippen LogP contribution in [0.3, 0.4) is 0 Å². The van der Waals surface area contributed by atoms with E-state index in [9.17, 15) is 9.18 Å². The van der Waals surface area contributed by atoms with E-state index >= 15 is 0 Å². The molecular weight excluding hydrogens is 491 g/mol. The van der Waals surface area contributed by atoms with Crippen LogP contribution in [0.2, 0.25) is 0 Å². The highest BCUT2D eigenvalue weighted by atomic mass is 19.1. The quantitative estimate of drug-likeness (QED) is 0.288. The summed E-state index contributed by atoms with van der Waals surface area (Å²) in [7, 11) is 0. The number of aromatic nitrogens is 5. The first kappa shape index (κ1) is 26.4. The van der Waals surface area contributed by atoms with Gasteiger partial charge >= 0.3 is 0 Å². The van der Waals surface area contributed by atoms with Gasteiger partial charge in [-0.15, -0.1) is 5.10 Å². The molecule has 0 saturated heterocycles. The molecule has 2 aromatic heterocycles. The van der Waals surface area contributed by atoms with Crippen molar-refractivity contribution < 1.29 is 4.39 Å². The summed E-state index contributed by atoms with van der Waals surface area (Å²) in [5.74, 6) is 0.291. The highest BCUT2D eigenvalue weighted by Gasteiger charge is 2.33. The number of aryl methyl sites for hydroxylation is 1. The Hall–Kier alpha value is -4.17. The average Bonchev–Trinajstić information content (AvgIpc) is 3.40. The van der Waals surface area contributed by atoms with E-state index in [1.165, 1.54) is 17.7 Å². The summed E-state index contributed by atoms with van der Waals surface area (Å²) in [6.07, 6.45) is 0.750. The highest BCUT2D eigenvalue weighted by Crippen LogP contribution is 2.31. The van der Waals surface area contributed by atoms with Crippen LogP contribution >= 0.6 is 0 Å². The lowest BCUT2D eigenvalue weighted by Gasteiger charge is -2.33. The molecule has 0 saturated carbocycles. The minimum absolute atomic E-state index is 0.186. The summed E-state index contributed by atoms with van der Waals surface area (Å²) in [6.45, 7) is 9.18. The zero-order valence-electron chi connectivity index (χ0n) is 22.7. The topological polar surface area (TPSA) is 79.7 Å². The second-order valence-corrected chi connectivity index (χ2v) is 10.9. The second-order valence-electron chi connectivity index (χ2n) is 10.9. The molecule has 1 unspecified atom stereocenters. The monoisotopic (exact) mass is 524 g/mol. The van der Waals surface area contributed by atoms with Crippen LogP contribution in [0.1, 0.15) is 54.9 Å². The molecule has 0 bridgehead atoms. The van der Waals surface area contributed by atoms with Gasteiger partial charge in [-0.2, -0.15) is 0 Å². The molecule has 0 fully saturated rings. The Balaban J connectivity index is 1.68. The number of hydrogen-bond donors (Lipinski definition) is 1. The normalized spacial score (nSPS) is 12.8. The lowest BCUT2D eigenvalue weighted by molar-refractivity contribution is 0.195. The molecule has 0 amide bonds. The number of aromatic amines is 1. The number of pyridine rings is 1. The Morgan fingerprint density at radius 1 is 0.974 bits per heavy atom. The number of benzene rings is 3. The van der Waals surface area contributed by atoms with Gasteiger partial charge in [0.05, 0.1) is 11.1 Å². The molecule has 1 N–H and O–H groups in total. The smallest absolute Gasteiger partial charge is 0.253 e. The standard InChI is InChI=1S/C31H33FN6O/c1-21-9-8-12-24-19-26(30(39)33-27(21)24)28(29-34-35-36-38(29)31(2,3)4)37(18-17-22-10-6-5-7-11-22)20-23-13-15-25(32)16-14-23/h5-16,19,28H,17-18,20H2,1-4H3,(H,33,39). The van der Waals surface area contributed by atoms with Crippen LogP contribution in [0.5, 0.6) is 0 Å². The molecule has 39 heavy (non-hydrogen) atoms. The number of nitrogens with one attached hydrogen (secondary N) is 1. The van der Waals surface area contributed by atoms with E-state index in [1.54, 1.807) is 16.8 Å². The Morgan fingerprint density at radius 3 is 2.44 bits per heavy atom. The summed E-state index contributed by atoms with van der Waals surface area (Å²) < 4.78 is 15.6. The molecule has 2 heterocycles. The first-order valence-corrected chi connectivity index (χ1v) is 13.1. The number of halogens is 1. The third-order valence-electron chi connectivity index (χ3n) is 6.98. The third-order valence-corrected chi connectivity index (χ3v) is 6.98. The van der Waals surface area contributed by atoms with Crippen molar-refractivity contribution in [2.45, 2.75) is 52.2 Å². The van der Waals surface area contributed by atoms with Gasteiger partial charge in [-0.05, 0) is 84.8 Å². The van der Waals surface area contributed by atoms with Crippen molar-refractivity contribution in [3.8, 4) is 0 Å². The van der Waals surface area contributed by atoms with Gasteiger partial charge in [-0.3, -0.25) is 9.69 Å². The molecule has 5 aromatic rings. The Bertz CT molecular complexity index is 1620. The number of para-hydroxylation sites is 1. The Morgan fingerprint density at radius 2 is 1.72 bits per heavy atom. The number of H-pyrrole nitrogens is 1. The minimum atomic E-state index is -0.554. The van der Waals surface area contributed by atoms with E-state index in [0.717, 1.165) is 28.5 Å². The number of hydrogen-bond acceptors (Lipinski definition) is 5. The summed E-state index contributed by atoms with van der Waals surface area (Å²) in [5.41, 5.74) is 3.88. The molecule has 0 spiro atoms. The summed E-state index contributed by atoms with van der Waals surface area (Å²) >= 11 is 0. The molecule has 200 valence electrons. The molecule has 7 nitrogen and oxygen atoms in total. The molecule has 5 rings (SSSR count). The third kappa shape index (κ3) is 5.81. The van der Waals surface area contributed by atoms with Crippen molar-refractivity contribution in [2.75, 3.05) is 6.54 Å². The predicted octanol–water partition coefficient (Wildman–Crippen LogP) is 5.55. The van der Waals surface area contributed by atoms with Gasteiger partial charge in [0.2, 0.25) is 0 Å². The van der Waals surface area contributed by atoms with Gasteiger partial charge in [-0.1, -0.05) is 60.7 Å². The first-order valence-electron chi connectivity index (χ1n) is 13.1. The molecule has 8 heteroatoms. The lowest BCUT2D eigenvalue weighted by Crippen LogP contribution is -2.38. The number of fused-ring (bicyclic) bond motifs is 1. The molecule has 0 aliphatic carbocycles. The fourth-order valence-corrected chi connectivity index (χ4v) is 4.99. The molecule has 0 aliphatic rings. The molecule has 1 atom stereocenters. The van der Waals surface area contributed by atoms with Crippen molar-refractivity contribution in [3.05, 3.63) is 123 Å². The molecule has 0 radical (unpaired) electrons. The number of tetrazole rings is 1. The highest BCUT2D eigenvalue weighted by molar-refractivity contribution is 5.82. The Labute approximate surface area is 227 Å². The van der Waals surface area contributed by atoms with Crippen LogP contribution in [0.25, 0.3) is 10.9 Å². The van der Waals surface area contributed by atoms with Gasteiger partial charge in [-0.25, -0.2) is 9.07 Å². The van der Waals surface area contributed by atoms with E-state index in [1.807, 2.05) is 70.2 Å². The van der Waals surface area contributed by atoms with Gasteiger partial charge in [0.25, 0.3) is 5.56 Å². The fraction of sp³-hybridized carbons (Fsp3) is 0.290. The first-order chi connectivity index (χ1) is 18.7. The van der Waals surface area contributed by atoms with Crippen LogP contribution in [0, 0.1) is 12.7 Å². The lowest BCUT2D eigenvalue weighted by atomic mass is 9.99. The van der Waals surface area contributed by atoms with Crippen LogP contribution in [-0.2, 0) is 18.5 Å². The van der Waals surface area contributed by atoms with Crippen molar-refractivity contribution >= 4 is 10.9 Å². The fourth-order valence-electron chi connectivity index (χ4n) is 4.99. The van der Waals surface area contributed by atoms with E-state index in [2.05, 4.69) is 37.5 Å². The molecule has 0 aliphatic heterocycles. The van der Waals surface area contributed by atoms with Gasteiger partial charge in [0, 0.05) is 18.7 Å². The van der Waals surface area contributed by atoms with Gasteiger partial charge < -0.3 is 4.98 Å². The number of rotatable bonds is 8. The van der Waals surface area contributed by atoms with Crippen molar-refractivity contribution in [2.24, 2.45) is 0 Å². The summed E-state index contributed by atoms with van der Waals surface area (Å²) in [6, 6.07) is 24.1. The summed E-state index contributed by atoms with van der Waals surface area (Å²) in [4.78, 5) is 19.1. The van der Waals surface area contributed by atoms with Crippen molar-refractivity contribution in [3.63, 3.8) is 0 Å².